The summed E-state index contributed by atoms with van der Waals surface area (Å²) < 4.78 is 15.8. The predicted molar refractivity (Wildman–Crippen MR) is 117 cm³/mol. The lowest BCUT2D eigenvalue weighted by Crippen LogP contribution is -2.49. The average Bonchev–Trinajstić information content (AvgIpc) is 2.82. The summed E-state index contributed by atoms with van der Waals surface area (Å²) in [5, 5.41) is 0. The molecule has 0 spiro atoms. The number of hydrogen-bond acceptors (Lipinski definition) is 7. The topological polar surface area (TPSA) is 81.2 Å². The molecule has 0 radical (unpaired) electrons. The van der Waals surface area contributed by atoms with Gasteiger partial charge in [-0.1, -0.05) is 0 Å². The van der Waals surface area contributed by atoms with E-state index in [0.717, 1.165) is 17.3 Å². The molecule has 1 saturated heterocycles. The quantitative estimate of drug-likeness (QED) is 0.450. The number of amides is 1. The fourth-order valence-electron chi connectivity index (χ4n) is 3.34. The summed E-state index contributed by atoms with van der Waals surface area (Å²) >= 11 is 0. The summed E-state index contributed by atoms with van der Waals surface area (Å²) in [4.78, 5) is 32.6. The van der Waals surface area contributed by atoms with Crippen LogP contribution in [0.3, 0.4) is 0 Å². The highest BCUT2D eigenvalue weighted by atomic mass is 16.5. The largest absolute Gasteiger partial charge is 0.497 e. The van der Waals surface area contributed by atoms with E-state index < -0.39 is 0 Å². The van der Waals surface area contributed by atoms with Crippen LogP contribution in [0.5, 0.6) is 11.5 Å². The van der Waals surface area contributed by atoms with Crippen molar-refractivity contribution in [2.24, 2.45) is 0 Å². The maximum Gasteiger partial charge on any atom is 0.339 e. The van der Waals surface area contributed by atoms with E-state index >= 15 is 0 Å². The molecule has 2 heterocycles. The molecular formula is C23H29N3O5. The van der Waals surface area contributed by atoms with Crippen molar-refractivity contribution in [3.05, 3.63) is 48.2 Å². The standard InChI is InChI=1S/C23H29N3O5/c1-3-30-23(28)18-6-11-21(24-17-18)25-12-14-26(15-13-25)22(27)5-4-16-31-20-9-7-19(29-2)8-10-20/h6-11,17H,3-5,12-16H2,1-2H3. The Morgan fingerprint density at radius 1 is 1.00 bits per heavy atom. The molecule has 1 aliphatic rings. The van der Waals surface area contributed by atoms with Gasteiger partial charge >= 0.3 is 5.97 Å². The molecule has 0 N–H and O–H groups in total. The van der Waals surface area contributed by atoms with Gasteiger partial charge < -0.3 is 24.0 Å². The summed E-state index contributed by atoms with van der Waals surface area (Å²) in [5.74, 6) is 2.12. The highest BCUT2D eigenvalue weighted by molar-refractivity contribution is 5.89. The summed E-state index contributed by atoms with van der Waals surface area (Å²) in [6.45, 7) is 5.33. The van der Waals surface area contributed by atoms with Gasteiger partial charge in [0.05, 0.1) is 25.9 Å². The lowest BCUT2D eigenvalue weighted by molar-refractivity contribution is -0.131. The van der Waals surface area contributed by atoms with Crippen molar-refractivity contribution < 1.29 is 23.8 Å². The number of carbonyl (C=O) groups is 2. The van der Waals surface area contributed by atoms with Crippen molar-refractivity contribution in [1.29, 1.82) is 0 Å². The van der Waals surface area contributed by atoms with Crippen molar-refractivity contribution >= 4 is 17.7 Å². The Bertz CT molecular complexity index is 847. The number of piperazine rings is 1. The number of methoxy groups -OCH3 is 1. The minimum atomic E-state index is -0.368. The number of anilines is 1. The van der Waals surface area contributed by atoms with Crippen molar-refractivity contribution in [2.45, 2.75) is 19.8 Å². The van der Waals surface area contributed by atoms with Crippen LogP contribution >= 0.6 is 0 Å². The number of ether oxygens (including phenoxy) is 3. The molecule has 1 aromatic carbocycles. The van der Waals surface area contributed by atoms with E-state index in [0.29, 0.717) is 57.8 Å². The van der Waals surface area contributed by atoms with Crippen LogP contribution in [0.1, 0.15) is 30.1 Å². The number of benzene rings is 1. The Kier molecular flexibility index (Phi) is 8.09. The van der Waals surface area contributed by atoms with Gasteiger partial charge in [0.25, 0.3) is 0 Å². The first-order chi connectivity index (χ1) is 15.1. The minimum absolute atomic E-state index is 0.142. The van der Waals surface area contributed by atoms with Gasteiger partial charge in [0.15, 0.2) is 0 Å². The molecule has 1 aromatic heterocycles. The molecular weight excluding hydrogens is 398 g/mol. The highest BCUT2D eigenvalue weighted by Crippen LogP contribution is 2.18. The smallest absolute Gasteiger partial charge is 0.339 e. The summed E-state index contributed by atoms with van der Waals surface area (Å²) in [5.41, 5.74) is 0.441. The average molecular weight is 428 g/mol. The summed E-state index contributed by atoms with van der Waals surface area (Å²) in [6, 6.07) is 10.9. The molecule has 3 rings (SSSR count). The molecule has 8 nitrogen and oxygen atoms in total. The Labute approximate surface area is 182 Å². The Hall–Kier alpha value is -3.29. The SMILES string of the molecule is CCOC(=O)c1ccc(N2CCN(C(=O)CCCOc3ccc(OC)cc3)CC2)nc1. The zero-order valence-electron chi connectivity index (χ0n) is 18.1. The van der Waals surface area contributed by atoms with Crippen LogP contribution < -0.4 is 14.4 Å². The second-order valence-electron chi connectivity index (χ2n) is 7.12. The maximum absolute atomic E-state index is 12.5. The third-order valence-corrected chi connectivity index (χ3v) is 5.08. The van der Waals surface area contributed by atoms with Gasteiger partial charge in [-0.2, -0.15) is 0 Å². The summed E-state index contributed by atoms with van der Waals surface area (Å²) in [6.07, 6.45) is 2.66. The van der Waals surface area contributed by atoms with Crippen LogP contribution in [-0.4, -0.2) is 68.3 Å². The molecule has 1 aliphatic heterocycles. The third-order valence-electron chi connectivity index (χ3n) is 5.08. The van der Waals surface area contributed by atoms with E-state index in [1.807, 2.05) is 35.2 Å². The van der Waals surface area contributed by atoms with Crippen LogP contribution in [0.2, 0.25) is 0 Å². The lowest BCUT2D eigenvalue weighted by Gasteiger charge is -2.35. The molecule has 0 unspecified atom stereocenters. The number of hydrogen-bond donors (Lipinski definition) is 0. The lowest BCUT2D eigenvalue weighted by atomic mass is 10.2. The minimum Gasteiger partial charge on any atom is -0.497 e. The van der Waals surface area contributed by atoms with Gasteiger partial charge in [-0.25, -0.2) is 9.78 Å². The molecule has 0 bridgehead atoms. The first-order valence-corrected chi connectivity index (χ1v) is 10.5. The Morgan fingerprint density at radius 2 is 1.71 bits per heavy atom. The zero-order chi connectivity index (χ0) is 22.1. The summed E-state index contributed by atoms with van der Waals surface area (Å²) in [7, 11) is 1.62. The van der Waals surface area contributed by atoms with Crippen molar-refractivity contribution in [3.8, 4) is 11.5 Å². The molecule has 2 aromatic rings. The molecule has 0 aliphatic carbocycles. The zero-order valence-corrected chi connectivity index (χ0v) is 18.1. The van der Waals surface area contributed by atoms with Gasteiger partial charge in [-0.15, -0.1) is 0 Å². The van der Waals surface area contributed by atoms with Gasteiger partial charge in [0.1, 0.15) is 17.3 Å². The van der Waals surface area contributed by atoms with Gasteiger partial charge in [-0.05, 0) is 49.7 Å². The first kappa shape index (κ1) is 22.4. The third kappa shape index (κ3) is 6.34. The number of rotatable bonds is 9. The number of nitrogens with zero attached hydrogens (tertiary/aromatic N) is 3. The van der Waals surface area contributed by atoms with Gasteiger partial charge in [0, 0.05) is 38.8 Å². The molecule has 1 amide bonds. The molecule has 1 fully saturated rings. The second-order valence-corrected chi connectivity index (χ2v) is 7.12. The van der Waals surface area contributed by atoms with Crippen molar-refractivity contribution in [2.75, 3.05) is 51.4 Å². The van der Waals surface area contributed by atoms with Crippen molar-refractivity contribution in [1.82, 2.24) is 9.88 Å². The second kappa shape index (κ2) is 11.2. The van der Waals surface area contributed by atoms with Gasteiger partial charge in [0.2, 0.25) is 5.91 Å². The maximum atomic E-state index is 12.5. The highest BCUT2D eigenvalue weighted by Gasteiger charge is 2.22. The van der Waals surface area contributed by atoms with Crippen LogP contribution in [0.4, 0.5) is 5.82 Å². The molecule has 166 valence electrons. The Morgan fingerprint density at radius 3 is 2.32 bits per heavy atom. The molecule has 0 atom stereocenters. The number of pyridine rings is 1. The van der Waals surface area contributed by atoms with E-state index in [-0.39, 0.29) is 11.9 Å². The van der Waals surface area contributed by atoms with Crippen molar-refractivity contribution in [3.63, 3.8) is 0 Å². The molecule has 8 heteroatoms. The molecule has 0 saturated carbocycles. The predicted octanol–water partition coefficient (Wildman–Crippen LogP) is 2.77. The van der Waals surface area contributed by atoms with E-state index in [1.54, 1.807) is 20.1 Å². The first-order valence-electron chi connectivity index (χ1n) is 10.5. The number of esters is 1. The van der Waals surface area contributed by atoms with Crippen LogP contribution in [0, 0.1) is 0 Å². The van der Waals surface area contributed by atoms with E-state index in [4.69, 9.17) is 14.2 Å². The normalized spacial score (nSPS) is 13.6. The number of aromatic nitrogens is 1. The van der Waals surface area contributed by atoms with E-state index in [2.05, 4.69) is 9.88 Å². The van der Waals surface area contributed by atoms with Crippen LogP contribution in [-0.2, 0) is 9.53 Å². The Balaban J connectivity index is 1.37. The number of carbonyl (C=O) groups excluding carboxylic acids is 2. The van der Waals surface area contributed by atoms with Gasteiger partial charge in [-0.3, -0.25) is 4.79 Å². The molecule has 31 heavy (non-hydrogen) atoms. The van der Waals surface area contributed by atoms with E-state index in [9.17, 15) is 9.59 Å². The van der Waals surface area contributed by atoms with Crippen LogP contribution in [0.25, 0.3) is 0 Å². The van der Waals surface area contributed by atoms with E-state index in [1.165, 1.54) is 6.20 Å². The monoisotopic (exact) mass is 427 g/mol. The fourth-order valence-corrected chi connectivity index (χ4v) is 3.34. The fraction of sp³-hybridized carbons (Fsp3) is 0.435. The van der Waals surface area contributed by atoms with Crippen LogP contribution in [0.15, 0.2) is 42.6 Å².